The summed E-state index contributed by atoms with van der Waals surface area (Å²) in [5.74, 6) is -1.85. The Bertz CT molecular complexity index is 321. The first-order valence-corrected chi connectivity index (χ1v) is 4.70. The van der Waals surface area contributed by atoms with Crippen LogP contribution in [0.1, 0.15) is 6.92 Å². The number of hydrogen-bond acceptors (Lipinski definition) is 4. The van der Waals surface area contributed by atoms with Gasteiger partial charge in [0.05, 0.1) is 0 Å². The van der Waals surface area contributed by atoms with E-state index in [2.05, 4.69) is 4.52 Å². The van der Waals surface area contributed by atoms with Crippen LogP contribution in [-0.2, 0) is 18.7 Å². The molecule has 0 saturated carbocycles. The van der Waals surface area contributed by atoms with Crippen LogP contribution in [0.15, 0.2) is 0 Å². The molecule has 2 rings (SSSR count). The molecule has 60 valence electrons. The number of carbonyl (C=O) groups excluding carboxylic acids is 1. The van der Waals surface area contributed by atoms with Crippen molar-refractivity contribution in [3.8, 4) is 0 Å². The second-order valence-corrected chi connectivity index (χ2v) is 5.69. The van der Waals surface area contributed by atoms with E-state index in [-0.39, 0.29) is 0 Å². The first-order valence-electron chi connectivity index (χ1n) is 3.01. The lowest BCUT2D eigenvalue weighted by molar-refractivity contribution is -0.142. The number of hydrogen-bond donors (Lipinski definition) is 1. The molecule has 3 unspecified atom stereocenters. The standard InChI is InChI=1S/C5H5O5P/c1-5-2(3(6)7)11(5,9)10-4(5)8/h2H,1H3,(H,6,7). The molecule has 0 amide bonds. The Labute approximate surface area is 61.8 Å². The van der Waals surface area contributed by atoms with Crippen LogP contribution >= 0.6 is 7.37 Å². The number of carbonyl (C=O) groups is 2. The number of rotatable bonds is 1. The summed E-state index contributed by atoms with van der Waals surface area (Å²) >= 11 is 0. The highest BCUT2D eigenvalue weighted by Gasteiger charge is 2.91. The van der Waals surface area contributed by atoms with Gasteiger partial charge in [-0.2, -0.15) is 0 Å². The maximum absolute atomic E-state index is 11.2. The minimum absolute atomic E-state index is 0.645. The molecule has 0 aromatic rings. The van der Waals surface area contributed by atoms with Crippen molar-refractivity contribution in [1.29, 1.82) is 0 Å². The van der Waals surface area contributed by atoms with Crippen molar-refractivity contribution < 1.29 is 23.8 Å². The monoisotopic (exact) mass is 176 g/mol. The van der Waals surface area contributed by atoms with Gasteiger partial charge in [0, 0.05) is 0 Å². The largest absolute Gasteiger partial charge is 0.481 e. The van der Waals surface area contributed by atoms with Crippen molar-refractivity contribution in [2.75, 3.05) is 0 Å². The van der Waals surface area contributed by atoms with Gasteiger partial charge in [0.2, 0.25) is 0 Å². The molecule has 2 heterocycles. The van der Waals surface area contributed by atoms with Crippen molar-refractivity contribution in [1.82, 2.24) is 0 Å². The third-order valence-corrected chi connectivity index (χ3v) is 5.63. The zero-order chi connectivity index (χ0) is 8.44. The molecule has 2 aliphatic heterocycles. The predicted octanol–water partition coefficient (Wildman–Crippen LogP) is 0.0468. The second-order valence-electron chi connectivity index (χ2n) is 2.86. The van der Waals surface area contributed by atoms with Crippen LogP contribution in [0.3, 0.4) is 0 Å². The molecule has 11 heavy (non-hydrogen) atoms. The topological polar surface area (TPSA) is 80.7 Å². The highest BCUT2D eigenvalue weighted by molar-refractivity contribution is 7.75. The van der Waals surface area contributed by atoms with Crippen LogP contribution in [-0.4, -0.2) is 27.9 Å². The molecule has 1 N–H and O–H groups in total. The van der Waals surface area contributed by atoms with Crippen LogP contribution in [0.25, 0.3) is 0 Å². The lowest BCUT2D eigenvalue weighted by atomic mass is 10.1. The Morgan fingerprint density at radius 3 is 2.45 bits per heavy atom. The summed E-state index contributed by atoms with van der Waals surface area (Å²) in [5.41, 5.74) is -1.08. The molecular formula is C5H5O5P. The van der Waals surface area contributed by atoms with E-state index in [0.29, 0.717) is 0 Å². The average Bonchev–Trinajstić information content (AvgIpc) is 2.24. The van der Waals surface area contributed by atoms with Crippen molar-refractivity contribution >= 4 is 19.3 Å². The molecule has 2 aliphatic rings. The fourth-order valence-electron chi connectivity index (χ4n) is 1.44. The van der Waals surface area contributed by atoms with Gasteiger partial charge in [-0.3, -0.25) is 14.2 Å². The zero-order valence-electron chi connectivity index (χ0n) is 5.60. The van der Waals surface area contributed by atoms with Crippen LogP contribution in [0.5, 0.6) is 0 Å². The maximum atomic E-state index is 11.2. The van der Waals surface area contributed by atoms with Gasteiger partial charge in [0.25, 0.3) is 7.37 Å². The SMILES string of the molecule is CC12C(=O)OP1(=O)C2C(=O)O. The molecule has 2 fully saturated rings. The van der Waals surface area contributed by atoms with Crippen molar-refractivity contribution in [3.05, 3.63) is 0 Å². The number of carboxylic acids is 1. The molecule has 0 bridgehead atoms. The highest BCUT2D eigenvalue weighted by Crippen LogP contribution is 2.90. The minimum atomic E-state index is -3.08. The van der Waals surface area contributed by atoms with E-state index < -0.39 is 30.1 Å². The van der Waals surface area contributed by atoms with Gasteiger partial charge in [-0.1, -0.05) is 0 Å². The first kappa shape index (κ1) is 6.85. The second kappa shape index (κ2) is 1.37. The summed E-state index contributed by atoms with van der Waals surface area (Å²) in [6.07, 6.45) is 0. The lowest BCUT2D eigenvalue weighted by Gasteiger charge is -2.16. The van der Waals surface area contributed by atoms with E-state index in [4.69, 9.17) is 5.11 Å². The van der Waals surface area contributed by atoms with Gasteiger partial charge in [0.1, 0.15) is 0 Å². The Kier molecular flexibility index (Phi) is 0.851. The molecular weight excluding hydrogens is 171 g/mol. The van der Waals surface area contributed by atoms with Gasteiger partial charge >= 0.3 is 11.9 Å². The summed E-state index contributed by atoms with van der Waals surface area (Å²) in [5, 5.41) is 7.30. The van der Waals surface area contributed by atoms with Gasteiger partial charge < -0.3 is 9.63 Å². The molecule has 3 atom stereocenters. The highest BCUT2D eigenvalue weighted by atomic mass is 31.2. The fraction of sp³-hybridized carbons (Fsp3) is 0.600. The van der Waals surface area contributed by atoms with Crippen molar-refractivity contribution in [2.45, 2.75) is 17.7 Å². The lowest BCUT2D eigenvalue weighted by Crippen LogP contribution is -2.31. The average molecular weight is 176 g/mol. The summed E-state index contributed by atoms with van der Waals surface area (Å²) in [6.45, 7) is 1.37. The van der Waals surface area contributed by atoms with Gasteiger partial charge in [-0.25, -0.2) is 0 Å². The van der Waals surface area contributed by atoms with Crippen LogP contribution in [0.4, 0.5) is 0 Å². The van der Waals surface area contributed by atoms with Gasteiger partial charge in [-0.15, -0.1) is 0 Å². The number of carboxylic acid groups (broad SMARTS) is 1. The normalized spacial score (nSPS) is 52.1. The van der Waals surface area contributed by atoms with E-state index in [1.807, 2.05) is 0 Å². The van der Waals surface area contributed by atoms with Crippen LogP contribution in [0.2, 0.25) is 0 Å². The molecule has 0 aliphatic carbocycles. The molecule has 0 spiro atoms. The van der Waals surface area contributed by atoms with E-state index >= 15 is 0 Å². The molecule has 0 aromatic carbocycles. The van der Waals surface area contributed by atoms with Crippen LogP contribution < -0.4 is 0 Å². The Balaban J connectivity index is 2.41. The Morgan fingerprint density at radius 1 is 1.82 bits per heavy atom. The third kappa shape index (κ3) is 0.428. The maximum Gasteiger partial charge on any atom is 0.329 e. The quantitative estimate of drug-likeness (QED) is 0.570. The first-order chi connectivity index (χ1) is 4.94. The summed E-state index contributed by atoms with van der Waals surface area (Å²) in [6, 6.07) is 0. The van der Waals surface area contributed by atoms with Gasteiger partial charge in [-0.05, 0) is 6.92 Å². The zero-order valence-corrected chi connectivity index (χ0v) is 6.50. The number of aliphatic carboxylic acids is 1. The summed E-state index contributed by atoms with van der Waals surface area (Å²) in [4.78, 5) is 21.0. The molecule has 5 nitrogen and oxygen atoms in total. The fourth-order valence-corrected chi connectivity index (χ4v) is 4.11. The molecule has 2 saturated heterocycles. The van der Waals surface area contributed by atoms with E-state index in [1.165, 1.54) is 6.92 Å². The van der Waals surface area contributed by atoms with E-state index in [1.54, 1.807) is 0 Å². The summed E-state index contributed by atoms with van der Waals surface area (Å²) < 4.78 is 15.5. The molecule has 0 radical (unpaired) electrons. The van der Waals surface area contributed by atoms with E-state index in [0.717, 1.165) is 0 Å². The number of fused-ring (bicyclic) bond motifs is 1. The third-order valence-electron chi connectivity index (χ3n) is 2.32. The van der Waals surface area contributed by atoms with Crippen molar-refractivity contribution in [2.24, 2.45) is 0 Å². The molecule has 6 heteroatoms. The van der Waals surface area contributed by atoms with Crippen LogP contribution in [0, 0.1) is 0 Å². The Hall–Kier alpha value is -0.830. The Morgan fingerprint density at radius 2 is 2.36 bits per heavy atom. The van der Waals surface area contributed by atoms with Gasteiger partial charge in [0.15, 0.2) is 10.8 Å². The smallest absolute Gasteiger partial charge is 0.329 e. The molecule has 0 aromatic heterocycles. The van der Waals surface area contributed by atoms with E-state index in [9.17, 15) is 14.2 Å². The minimum Gasteiger partial charge on any atom is -0.481 e. The summed E-state index contributed by atoms with van der Waals surface area (Å²) in [7, 11) is -3.08. The van der Waals surface area contributed by atoms with Crippen molar-refractivity contribution in [3.63, 3.8) is 0 Å². The predicted molar refractivity (Wildman–Crippen MR) is 33.5 cm³/mol.